The van der Waals surface area contributed by atoms with Crippen LogP contribution < -0.4 is 5.32 Å². The lowest BCUT2D eigenvalue weighted by molar-refractivity contribution is 0.208. The molecule has 0 aliphatic rings. The van der Waals surface area contributed by atoms with Crippen LogP contribution in [0.15, 0.2) is 32.3 Å². The van der Waals surface area contributed by atoms with E-state index in [0.717, 1.165) is 17.0 Å². The number of pyridine rings is 1. The maximum absolute atomic E-state index is 9.65. The summed E-state index contributed by atoms with van der Waals surface area (Å²) in [5, 5.41) is 14.6. The quantitative estimate of drug-likeness (QED) is 0.356. The summed E-state index contributed by atoms with van der Waals surface area (Å²) in [7, 11) is 0. The van der Waals surface area contributed by atoms with Crippen LogP contribution in [0.2, 0.25) is 5.02 Å². The maximum atomic E-state index is 9.65. The van der Waals surface area contributed by atoms with Crippen LogP contribution in [0.3, 0.4) is 0 Å². The van der Waals surface area contributed by atoms with Crippen molar-refractivity contribution in [2.24, 2.45) is 9.98 Å². The van der Waals surface area contributed by atoms with Crippen LogP contribution >= 0.6 is 23.4 Å². The molecule has 3 aromatic rings. The number of anilines is 1. The summed E-state index contributed by atoms with van der Waals surface area (Å²) in [4.78, 5) is 25.8. The normalized spacial score (nSPS) is 12.6. The molecular formula is C19H22ClN7OS. The van der Waals surface area contributed by atoms with Gasteiger partial charge in [0.15, 0.2) is 11.0 Å². The lowest BCUT2D eigenvalue weighted by Gasteiger charge is -2.10. The topological polar surface area (TPSA) is 111 Å². The summed E-state index contributed by atoms with van der Waals surface area (Å²) < 4.78 is 0. The molecule has 0 aliphatic carbocycles. The molecule has 10 heteroatoms. The van der Waals surface area contributed by atoms with E-state index in [1.54, 1.807) is 19.3 Å². The van der Waals surface area contributed by atoms with Crippen LogP contribution in [-0.2, 0) is 6.42 Å². The van der Waals surface area contributed by atoms with Crippen LogP contribution in [0.1, 0.15) is 26.5 Å². The number of rotatable bonds is 8. The van der Waals surface area contributed by atoms with Crippen molar-refractivity contribution in [3.05, 3.63) is 23.0 Å². The number of hydrogen-bond donors (Lipinski definition) is 3. The number of aryl methyl sites for hydroxylation is 1. The van der Waals surface area contributed by atoms with Crippen molar-refractivity contribution in [2.45, 2.75) is 43.3 Å². The molecule has 0 spiro atoms. The van der Waals surface area contributed by atoms with Crippen LogP contribution in [0, 0.1) is 0 Å². The summed E-state index contributed by atoms with van der Waals surface area (Å²) in [6.07, 6.45) is 3.56. The summed E-state index contributed by atoms with van der Waals surface area (Å²) in [5.41, 5.74) is 2.11. The fraction of sp³-hybridized carbons (Fsp3) is 0.316. The summed E-state index contributed by atoms with van der Waals surface area (Å²) in [5.74, 6) is 1.08. The molecule has 0 bridgehead atoms. The summed E-state index contributed by atoms with van der Waals surface area (Å²) in [6.45, 7) is 9.45. The molecular weight excluding hydrogens is 410 g/mol. The highest BCUT2D eigenvalue weighted by atomic mass is 35.5. The third kappa shape index (κ3) is 4.75. The smallest absolute Gasteiger partial charge is 0.196 e. The number of fused-ring (bicyclic) bond motifs is 1. The monoisotopic (exact) mass is 431 g/mol. The number of nitrogens with one attached hydrogen (secondary N) is 2. The zero-order valence-corrected chi connectivity index (χ0v) is 18.0. The number of aliphatic hydroxyl groups is 1. The van der Waals surface area contributed by atoms with Gasteiger partial charge in [-0.1, -0.05) is 18.5 Å². The third-order valence-corrected chi connectivity index (χ3v) is 5.25. The molecule has 3 N–H and O–H groups in total. The Morgan fingerprint density at radius 3 is 2.90 bits per heavy atom. The van der Waals surface area contributed by atoms with Crippen molar-refractivity contribution in [3.8, 4) is 0 Å². The molecule has 3 heterocycles. The molecule has 0 aliphatic heterocycles. The van der Waals surface area contributed by atoms with Gasteiger partial charge in [0.25, 0.3) is 0 Å². The van der Waals surface area contributed by atoms with Crippen LogP contribution in [-0.4, -0.2) is 50.6 Å². The molecule has 3 rings (SSSR count). The van der Waals surface area contributed by atoms with Crippen molar-refractivity contribution in [1.82, 2.24) is 19.9 Å². The van der Waals surface area contributed by atoms with Gasteiger partial charge in [-0.3, -0.25) is 4.99 Å². The molecule has 0 aromatic carbocycles. The zero-order chi connectivity index (χ0) is 21.0. The number of nitrogens with zero attached hydrogens (tertiary/aromatic N) is 5. The molecule has 0 fully saturated rings. The molecule has 8 nitrogen and oxygen atoms in total. The first kappa shape index (κ1) is 21.2. The largest absolute Gasteiger partial charge is 0.392 e. The number of aromatic amines is 1. The van der Waals surface area contributed by atoms with Gasteiger partial charge in [-0.2, -0.15) is 0 Å². The Hall–Kier alpha value is -2.49. The number of aliphatic imine (C=N–C) groups is 2. The SMILES string of the molecule is C=Nc1cc(Sc2nc(NC[C@H](C)O)c3c(Cl)c(CC)[nH]c3n2)cnc1N=CC. The second-order valence-electron chi connectivity index (χ2n) is 6.24. The average molecular weight is 432 g/mol. The van der Waals surface area contributed by atoms with Crippen LogP contribution in [0.5, 0.6) is 0 Å². The van der Waals surface area contributed by atoms with Gasteiger partial charge in [0.1, 0.15) is 17.2 Å². The van der Waals surface area contributed by atoms with E-state index in [-0.39, 0.29) is 0 Å². The Labute approximate surface area is 178 Å². The van der Waals surface area contributed by atoms with E-state index in [4.69, 9.17) is 11.6 Å². The minimum atomic E-state index is -0.531. The van der Waals surface area contributed by atoms with Gasteiger partial charge in [-0.15, -0.1) is 0 Å². The average Bonchev–Trinajstić information content (AvgIpc) is 3.03. The van der Waals surface area contributed by atoms with E-state index >= 15 is 0 Å². The molecule has 0 radical (unpaired) electrons. The number of aromatic nitrogens is 4. The van der Waals surface area contributed by atoms with Crippen molar-refractivity contribution >= 4 is 64.7 Å². The molecule has 0 amide bonds. The second kappa shape index (κ2) is 9.34. The minimum absolute atomic E-state index is 0.342. The Bertz CT molecular complexity index is 1060. The second-order valence-corrected chi connectivity index (χ2v) is 7.66. The van der Waals surface area contributed by atoms with Gasteiger partial charge in [0.05, 0.1) is 16.5 Å². The number of aliphatic hydroxyl groups excluding tert-OH is 1. The maximum Gasteiger partial charge on any atom is 0.196 e. The van der Waals surface area contributed by atoms with Crippen molar-refractivity contribution < 1.29 is 5.11 Å². The van der Waals surface area contributed by atoms with Gasteiger partial charge >= 0.3 is 0 Å². The molecule has 0 saturated heterocycles. The van der Waals surface area contributed by atoms with Crippen LogP contribution in [0.25, 0.3) is 11.0 Å². The Kier molecular flexibility index (Phi) is 6.83. The number of halogens is 1. The van der Waals surface area contributed by atoms with Crippen molar-refractivity contribution in [1.29, 1.82) is 0 Å². The predicted octanol–water partition coefficient (Wildman–Crippen LogP) is 4.57. The zero-order valence-electron chi connectivity index (χ0n) is 16.4. The third-order valence-electron chi connectivity index (χ3n) is 4.01. The van der Waals surface area contributed by atoms with E-state index in [9.17, 15) is 5.11 Å². The molecule has 152 valence electrons. The molecule has 1 atom stereocenters. The molecule has 0 unspecified atom stereocenters. The first-order valence-corrected chi connectivity index (χ1v) is 10.3. The Balaban J connectivity index is 2.02. The fourth-order valence-corrected chi connectivity index (χ4v) is 3.80. The predicted molar refractivity (Wildman–Crippen MR) is 120 cm³/mol. The van der Waals surface area contributed by atoms with E-state index in [0.29, 0.717) is 45.1 Å². The Morgan fingerprint density at radius 2 is 2.24 bits per heavy atom. The van der Waals surface area contributed by atoms with Gasteiger partial charge in [0, 0.05) is 29.5 Å². The van der Waals surface area contributed by atoms with E-state index in [1.807, 2.05) is 19.9 Å². The van der Waals surface area contributed by atoms with E-state index < -0.39 is 6.10 Å². The highest BCUT2D eigenvalue weighted by molar-refractivity contribution is 7.99. The lowest BCUT2D eigenvalue weighted by Crippen LogP contribution is -2.16. The van der Waals surface area contributed by atoms with Crippen molar-refractivity contribution in [3.63, 3.8) is 0 Å². The van der Waals surface area contributed by atoms with E-state index in [1.165, 1.54) is 11.8 Å². The molecule has 0 saturated carbocycles. The summed E-state index contributed by atoms with van der Waals surface area (Å²) >= 11 is 7.85. The minimum Gasteiger partial charge on any atom is -0.392 e. The standard InChI is InChI=1S/C19H22ClN7OS/c1-5-12-15(20)14-17(23-8-10(3)28)26-19(27-18(14)25-12)29-11-7-13(21-4)16(22-6-2)24-9-11/h6-7,9-10,28H,4-5,8H2,1-3H3,(H2,23,25,26,27)/t10-/m0/s1. The summed E-state index contributed by atoms with van der Waals surface area (Å²) in [6, 6.07) is 1.84. The first-order chi connectivity index (χ1) is 14.0. The van der Waals surface area contributed by atoms with Gasteiger partial charge in [0.2, 0.25) is 0 Å². The van der Waals surface area contributed by atoms with Crippen molar-refractivity contribution in [2.75, 3.05) is 11.9 Å². The number of H-pyrrole nitrogens is 1. The highest BCUT2D eigenvalue weighted by Gasteiger charge is 2.18. The first-order valence-electron chi connectivity index (χ1n) is 9.10. The van der Waals surface area contributed by atoms with Gasteiger partial charge in [-0.05, 0) is 44.8 Å². The van der Waals surface area contributed by atoms with Gasteiger partial charge < -0.3 is 15.4 Å². The lowest BCUT2D eigenvalue weighted by atomic mass is 10.3. The Morgan fingerprint density at radius 1 is 1.45 bits per heavy atom. The van der Waals surface area contributed by atoms with Gasteiger partial charge in [-0.25, -0.2) is 19.9 Å². The van der Waals surface area contributed by atoms with E-state index in [2.05, 4.69) is 42.0 Å². The highest BCUT2D eigenvalue weighted by Crippen LogP contribution is 2.36. The fourth-order valence-electron chi connectivity index (χ4n) is 2.68. The molecule has 3 aromatic heterocycles. The molecule has 29 heavy (non-hydrogen) atoms. The number of hydrogen-bond acceptors (Lipinski definition) is 8. The van der Waals surface area contributed by atoms with Crippen LogP contribution in [0.4, 0.5) is 17.3 Å².